The van der Waals surface area contributed by atoms with E-state index in [1.165, 1.54) is 84.0 Å². The number of rotatable bonds is 17. The average Bonchev–Trinajstić information content (AvgIpc) is 1.71. The fraction of sp³-hybridized carbons (Fsp3) is 0.377. The van der Waals surface area contributed by atoms with Crippen molar-refractivity contribution in [3.8, 4) is 56.9 Å². The average molecular weight is 2140 g/mol. The Morgan fingerprint density at radius 3 is 1.04 bits per heavy atom. The fourth-order valence-corrected chi connectivity index (χ4v) is 19.1. The quantitative estimate of drug-likeness (QED) is 0.0836. The predicted octanol–water partition coefficient (Wildman–Crippen LogP) is 34.2. The second-order valence-electron chi connectivity index (χ2n) is 46.3. The van der Waals surface area contributed by atoms with Gasteiger partial charge in [-0.2, -0.15) is 12.1 Å². The Hall–Kier alpha value is -10.2. The molecule has 2 aliphatic rings. The number of pyridine rings is 2. The van der Waals surface area contributed by atoms with Gasteiger partial charge >= 0.3 is 0 Å². The molecule has 16 rings (SSSR count). The van der Waals surface area contributed by atoms with E-state index in [4.69, 9.17) is 19.4 Å². The number of anilines is 4. The first kappa shape index (κ1) is 101. The largest absolute Gasteiger partial charge is 0.509 e. The minimum atomic E-state index is -0.228. The van der Waals surface area contributed by atoms with Crippen molar-refractivity contribution in [2.24, 2.45) is 21.7 Å². The zero-order chi connectivity index (χ0) is 95.5. The molecule has 0 spiro atoms. The van der Waals surface area contributed by atoms with Crippen molar-refractivity contribution in [3.63, 3.8) is 0 Å². The van der Waals surface area contributed by atoms with Gasteiger partial charge in [0.05, 0.1) is 0 Å². The van der Waals surface area contributed by atoms with Crippen molar-refractivity contribution in [1.82, 2.24) is 19.1 Å². The third-order valence-electron chi connectivity index (χ3n) is 26.0. The Morgan fingerprint density at radius 2 is 0.672 bits per heavy atom. The SMILES string of the molecule is CC(C)c1cccc(C(C)C)c1-c1ccc(N2[CH-]N(c3[c-]c(Oc4[c-]c5c(cc4)c4ccccc4n5-c4cc(C(C)(C)C)ccn4)cc(C(C)(C)C)c3)C(C(C)(C)C)=C2C(C)(C)C)cc1.CCc1cc(C(C)C)c(-c2cccc(N3[CH-]N(c4[c-]c(Oc5[c-]c6c(cc5)c5ccccc5n6-c5cc(C(C)(C)C)ccn5)cc(C(C)(C)C)c4)C(C(C)(C)C)=C3C(C)(C)C)c2)c(C(C)C)c1.[Pt].[Pt]. The summed E-state index contributed by atoms with van der Waals surface area (Å²) in [5.41, 5.74) is 28.9. The molecule has 0 bridgehead atoms. The van der Waals surface area contributed by atoms with Crippen molar-refractivity contribution in [2.45, 2.75) is 280 Å². The van der Waals surface area contributed by atoms with Gasteiger partial charge in [0.15, 0.2) is 0 Å². The molecule has 134 heavy (non-hydrogen) atoms. The number of allylic oxidation sites excluding steroid dienone is 4. The Labute approximate surface area is 832 Å². The topological polar surface area (TPSA) is 67.1 Å². The molecule has 4 aromatic heterocycles. The summed E-state index contributed by atoms with van der Waals surface area (Å²) in [4.78, 5) is 19.4. The second kappa shape index (κ2) is 38.0. The molecule has 0 N–H and O–H groups in total. The molecule has 0 atom stereocenters. The summed E-state index contributed by atoms with van der Waals surface area (Å²) in [6, 6.07) is 88.1. The Morgan fingerprint density at radius 1 is 0.306 bits per heavy atom. The summed E-state index contributed by atoms with van der Waals surface area (Å²) in [5.74, 6) is 5.88. The van der Waals surface area contributed by atoms with Gasteiger partial charge < -0.3 is 38.2 Å². The Bertz CT molecular complexity index is 6690. The maximum absolute atomic E-state index is 6.94. The van der Waals surface area contributed by atoms with Crippen molar-refractivity contribution in [2.75, 3.05) is 19.6 Å². The number of para-hydroxylation sites is 2. The van der Waals surface area contributed by atoms with Gasteiger partial charge in [0.25, 0.3) is 0 Å². The standard InChI is InChI=1S/C62H73N4O.C60H69N4O.2Pt/c1-18-41-30-51(39(2)3)56(52(31-41)40(4)5)42-22-21-23-45(32-42)64-38-65(58(62(15,16)17)57(64)61(12,13)14)46-33-44(60(9,10)11)34-48(36-46)67-47-26-27-50-49-24-19-20-25-53(49)66(54(50)37-47)55-35-43(28-29-63-55)59(6,7)8;1-38(2)47-21-19-22-48(39(3)4)54(47)40-24-26-43(27-25-40)62-37-63(56(60(14,15)16)55(62)59(11,12)13)44-32-42(58(8,9)10)33-46(35-44)65-45-28-29-50-49-20-17-18-23-51(49)64(52(50)36-45)53-34-41(30-31-61-53)57(5,6)7;;/h19-35,38-40H,18H2,1-17H3;17-34,37-39H,1-16H3;;/q2*-3;;. The summed E-state index contributed by atoms with van der Waals surface area (Å²) in [7, 11) is 0. The molecule has 6 heterocycles. The molecule has 0 radical (unpaired) electrons. The van der Waals surface area contributed by atoms with Gasteiger partial charge in [0, 0.05) is 144 Å². The molecule has 0 aliphatic carbocycles. The zero-order valence-corrected chi connectivity index (χ0v) is 90.4. The van der Waals surface area contributed by atoms with Crippen LogP contribution in [0.2, 0.25) is 0 Å². The maximum atomic E-state index is 6.94. The molecule has 708 valence electrons. The van der Waals surface area contributed by atoms with E-state index in [0.717, 1.165) is 95.5 Å². The number of nitrogens with zero attached hydrogens (tertiary/aromatic N) is 8. The number of hydrogen-bond acceptors (Lipinski definition) is 8. The first-order valence-electron chi connectivity index (χ1n) is 48.0. The molecule has 10 nitrogen and oxygen atoms in total. The predicted molar refractivity (Wildman–Crippen MR) is 560 cm³/mol. The van der Waals surface area contributed by atoms with Crippen molar-refractivity contribution >= 4 is 66.4 Å². The molecule has 14 aromatic rings. The summed E-state index contributed by atoms with van der Waals surface area (Å²) < 4.78 is 18.3. The smallest absolute Gasteiger partial charge is 0.135 e. The van der Waals surface area contributed by atoms with Crippen LogP contribution in [-0.4, -0.2) is 19.1 Å². The summed E-state index contributed by atoms with van der Waals surface area (Å²) in [6.45, 7) is 80.3. The van der Waals surface area contributed by atoms with Crippen LogP contribution in [0.5, 0.6) is 23.0 Å². The van der Waals surface area contributed by atoms with Gasteiger partial charge in [0.1, 0.15) is 11.6 Å². The molecule has 0 unspecified atom stereocenters. The molecular weight excluding hydrogens is 2000 g/mol. The van der Waals surface area contributed by atoms with Crippen LogP contribution in [0.1, 0.15) is 302 Å². The van der Waals surface area contributed by atoms with Gasteiger partial charge in [-0.25, -0.2) is 9.97 Å². The summed E-state index contributed by atoms with van der Waals surface area (Å²) >= 11 is 0. The minimum absolute atomic E-state index is 0. The molecule has 0 saturated carbocycles. The van der Waals surface area contributed by atoms with E-state index >= 15 is 0 Å². The van der Waals surface area contributed by atoms with Crippen molar-refractivity contribution < 1.29 is 51.6 Å². The number of benzene rings is 10. The molecule has 2 aliphatic heterocycles. The van der Waals surface area contributed by atoms with Crippen molar-refractivity contribution in [3.05, 3.63) is 323 Å². The van der Waals surface area contributed by atoms with Crippen LogP contribution >= 0.6 is 0 Å². The van der Waals surface area contributed by atoms with E-state index < -0.39 is 0 Å². The zero-order valence-electron chi connectivity index (χ0n) is 85.9. The van der Waals surface area contributed by atoms with E-state index in [-0.39, 0.29) is 85.5 Å². The van der Waals surface area contributed by atoms with Crippen molar-refractivity contribution in [1.29, 1.82) is 0 Å². The Balaban J connectivity index is 0.000000224. The molecule has 0 amide bonds. The third-order valence-corrected chi connectivity index (χ3v) is 26.0. The van der Waals surface area contributed by atoms with Crippen LogP contribution in [-0.2, 0) is 70.2 Å². The van der Waals surface area contributed by atoms with Gasteiger partial charge in [-0.3, -0.25) is 0 Å². The Kier molecular flexibility index (Phi) is 28.7. The van der Waals surface area contributed by atoms with E-state index in [1.54, 1.807) is 0 Å². The monoisotopic (exact) mass is 2140 g/mol. The summed E-state index contributed by atoms with van der Waals surface area (Å²) in [6.07, 6.45) is 4.86. The third kappa shape index (κ3) is 20.6. The van der Waals surface area contributed by atoms with Gasteiger partial charge in [0.2, 0.25) is 0 Å². The fourth-order valence-electron chi connectivity index (χ4n) is 19.1. The van der Waals surface area contributed by atoms with Gasteiger partial charge in [-0.15, -0.1) is 107 Å². The van der Waals surface area contributed by atoms with E-state index in [0.29, 0.717) is 46.7 Å². The van der Waals surface area contributed by atoms with Crippen LogP contribution in [0.25, 0.3) is 77.5 Å². The van der Waals surface area contributed by atoms with Crippen LogP contribution in [0, 0.1) is 59.3 Å². The number of hydrogen-bond donors (Lipinski definition) is 0. The first-order valence-corrected chi connectivity index (χ1v) is 48.0. The van der Waals surface area contributed by atoms with Gasteiger partial charge in [-0.05, 0) is 184 Å². The second-order valence-corrected chi connectivity index (χ2v) is 46.3. The molecular formula is C122H142N8O2Pt2-6. The van der Waals surface area contributed by atoms with Crippen LogP contribution in [0.3, 0.4) is 0 Å². The van der Waals surface area contributed by atoms with E-state index in [1.807, 2.05) is 24.5 Å². The van der Waals surface area contributed by atoms with Gasteiger partial charge in [-0.1, -0.05) is 331 Å². The van der Waals surface area contributed by atoms with Crippen LogP contribution in [0.4, 0.5) is 22.7 Å². The molecule has 0 fully saturated rings. The number of aryl methyl sites for hydroxylation is 1. The number of aromatic nitrogens is 4. The molecule has 0 saturated heterocycles. The van der Waals surface area contributed by atoms with Crippen LogP contribution in [0.15, 0.2) is 235 Å². The first-order chi connectivity index (χ1) is 61.8. The summed E-state index contributed by atoms with van der Waals surface area (Å²) in [5, 5.41) is 4.50. The van der Waals surface area contributed by atoms with E-state index in [2.05, 4.69) is 483 Å². The normalized spacial score (nSPS) is 14.0. The molecule has 10 aromatic carbocycles. The molecule has 12 heteroatoms. The van der Waals surface area contributed by atoms with Crippen LogP contribution < -0.4 is 29.1 Å². The number of ether oxygens (including phenoxy) is 2. The number of fused-ring (bicyclic) bond motifs is 6. The minimum Gasteiger partial charge on any atom is -0.509 e. The van der Waals surface area contributed by atoms with E-state index in [9.17, 15) is 0 Å². The maximum Gasteiger partial charge on any atom is 0.135 e.